The van der Waals surface area contributed by atoms with E-state index in [1.165, 1.54) is 22.8 Å². The van der Waals surface area contributed by atoms with Gasteiger partial charge in [-0.3, -0.25) is 9.59 Å². The van der Waals surface area contributed by atoms with Crippen LogP contribution in [0.1, 0.15) is 99.8 Å². The summed E-state index contributed by atoms with van der Waals surface area (Å²) in [6.07, 6.45) is 15.0. The Morgan fingerprint density at radius 2 is 1.48 bits per heavy atom. The second kappa shape index (κ2) is 12.8. The molecule has 172 valence electrons. The van der Waals surface area contributed by atoms with Crippen molar-refractivity contribution in [3.05, 3.63) is 57.7 Å². The monoisotopic (exact) mass is 426 g/mol. The van der Waals surface area contributed by atoms with Gasteiger partial charge in [0, 0.05) is 16.7 Å². The number of allylic oxidation sites excluding steroid dienone is 9. The van der Waals surface area contributed by atoms with E-state index in [2.05, 4.69) is 45.9 Å². The van der Waals surface area contributed by atoms with Crippen molar-refractivity contribution in [1.82, 2.24) is 0 Å². The van der Waals surface area contributed by atoms with Crippen LogP contribution in [0.15, 0.2) is 57.7 Å². The largest absolute Gasteiger partial charge is 0.390 e. The lowest BCUT2D eigenvalue weighted by molar-refractivity contribution is -0.116. The van der Waals surface area contributed by atoms with E-state index in [-0.39, 0.29) is 11.6 Å². The molecule has 1 aliphatic rings. The van der Waals surface area contributed by atoms with E-state index in [9.17, 15) is 14.7 Å². The summed E-state index contributed by atoms with van der Waals surface area (Å²) in [5.74, 6) is -0.163. The van der Waals surface area contributed by atoms with E-state index in [1.54, 1.807) is 20.8 Å². The summed E-state index contributed by atoms with van der Waals surface area (Å²) in [6.45, 7) is 13.9. The first kappa shape index (κ1) is 27.0. The molecule has 3 nitrogen and oxygen atoms in total. The van der Waals surface area contributed by atoms with Gasteiger partial charge in [-0.2, -0.15) is 0 Å². The van der Waals surface area contributed by atoms with E-state index in [1.807, 2.05) is 0 Å². The van der Waals surface area contributed by atoms with Crippen LogP contribution in [0.3, 0.4) is 0 Å². The number of Topliss-reactive ketones (excluding diaryl/α,β-unsaturated/α-hetero) is 1. The highest BCUT2D eigenvalue weighted by atomic mass is 16.3. The quantitative estimate of drug-likeness (QED) is 0.267. The highest BCUT2D eigenvalue weighted by molar-refractivity contribution is 6.22. The number of hydrogen-bond acceptors (Lipinski definition) is 3. The molecule has 1 rings (SSSR count). The van der Waals surface area contributed by atoms with Crippen LogP contribution in [0.4, 0.5) is 0 Å². The van der Waals surface area contributed by atoms with Crippen molar-refractivity contribution in [2.45, 2.75) is 105 Å². The summed E-state index contributed by atoms with van der Waals surface area (Å²) >= 11 is 0. The van der Waals surface area contributed by atoms with Crippen LogP contribution in [0.25, 0.3) is 0 Å². The molecule has 0 aromatic heterocycles. The van der Waals surface area contributed by atoms with Gasteiger partial charge in [0.1, 0.15) is 0 Å². The Hall–Kier alpha value is -2.00. The zero-order valence-corrected chi connectivity index (χ0v) is 20.7. The maximum Gasteiger partial charge on any atom is 0.185 e. The molecule has 0 aromatic rings. The third-order valence-electron chi connectivity index (χ3n) is 6.31. The molecule has 0 radical (unpaired) electrons. The number of hydrogen-bond donors (Lipinski definition) is 1. The molecule has 0 heterocycles. The average Bonchev–Trinajstić information content (AvgIpc) is 2.72. The molecule has 0 saturated carbocycles. The third kappa shape index (κ3) is 9.78. The molecule has 0 fully saturated rings. The zero-order valence-electron chi connectivity index (χ0n) is 20.7. The minimum atomic E-state index is -0.898. The predicted octanol–water partition coefficient (Wildman–Crippen LogP) is 7.13. The summed E-state index contributed by atoms with van der Waals surface area (Å²) in [5, 5.41) is 10.7. The maximum absolute atomic E-state index is 12.4. The Kier molecular flexibility index (Phi) is 11.1. The molecule has 0 spiro atoms. The van der Waals surface area contributed by atoms with Crippen LogP contribution in [-0.2, 0) is 9.59 Å². The summed E-state index contributed by atoms with van der Waals surface area (Å²) < 4.78 is 0. The standard InChI is InChI=1S/C28H42O3/c1-8-20(2)11-9-12-21(3)13-10-14-22(4)15-17-28(7,31)18-16-25-19-26(29)23(5)24(6)27(25)30/h11,13,15,19,31H,8-10,12,14,16-18H2,1-7H3/b20-11+,21-13+,22-15+. The molecule has 1 N–H and O–H groups in total. The van der Waals surface area contributed by atoms with Gasteiger partial charge in [-0.1, -0.05) is 41.9 Å². The average molecular weight is 427 g/mol. The van der Waals surface area contributed by atoms with Crippen molar-refractivity contribution in [3.8, 4) is 0 Å². The van der Waals surface area contributed by atoms with Gasteiger partial charge in [-0.25, -0.2) is 0 Å². The molecule has 1 atom stereocenters. The van der Waals surface area contributed by atoms with Crippen molar-refractivity contribution >= 4 is 11.6 Å². The summed E-state index contributed by atoms with van der Waals surface area (Å²) in [6, 6.07) is 0. The zero-order chi connectivity index (χ0) is 23.6. The van der Waals surface area contributed by atoms with Crippen LogP contribution >= 0.6 is 0 Å². The fraction of sp³-hybridized carbons (Fsp3) is 0.571. The lowest BCUT2D eigenvalue weighted by Crippen LogP contribution is -2.25. The molecule has 0 bridgehead atoms. The first-order chi connectivity index (χ1) is 14.5. The topological polar surface area (TPSA) is 54.4 Å². The van der Waals surface area contributed by atoms with E-state index >= 15 is 0 Å². The van der Waals surface area contributed by atoms with Crippen LogP contribution < -0.4 is 0 Å². The highest BCUT2D eigenvalue weighted by Gasteiger charge is 2.26. The van der Waals surface area contributed by atoms with Gasteiger partial charge < -0.3 is 5.11 Å². The predicted molar refractivity (Wildman–Crippen MR) is 131 cm³/mol. The van der Waals surface area contributed by atoms with Crippen molar-refractivity contribution < 1.29 is 14.7 Å². The van der Waals surface area contributed by atoms with Crippen molar-refractivity contribution in [3.63, 3.8) is 0 Å². The van der Waals surface area contributed by atoms with Crippen LogP contribution in [0.5, 0.6) is 0 Å². The molecule has 0 aromatic carbocycles. The van der Waals surface area contributed by atoms with Crippen LogP contribution in [-0.4, -0.2) is 22.3 Å². The maximum atomic E-state index is 12.4. The molecule has 1 unspecified atom stereocenters. The van der Waals surface area contributed by atoms with Gasteiger partial charge >= 0.3 is 0 Å². The number of rotatable bonds is 12. The molecule has 31 heavy (non-hydrogen) atoms. The molecular formula is C28H42O3. The van der Waals surface area contributed by atoms with E-state index in [0.29, 0.717) is 36.0 Å². The number of aliphatic hydroxyl groups is 1. The first-order valence-electron chi connectivity index (χ1n) is 11.6. The van der Waals surface area contributed by atoms with Crippen molar-refractivity contribution in [2.24, 2.45) is 0 Å². The lowest BCUT2D eigenvalue weighted by atomic mass is 9.85. The first-order valence-corrected chi connectivity index (χ1v) is 11.6. The second-order valence-electron chi connectivity index (χ2n) is 9.40. The second-order valence-corrected chi connectivity index (χ2v) is 9.40. The molecule has 0 aliphatic heterocycles. The van der Waals surface area contributed by atoms with Gasteiger partial charge in [0.2, 0.25) is 0 Å². The Morgan fingerprint density at radius 1 is 0.935 bits per heavy atom. The Labute approximate surface area is 189 Å². The minimum Gasteiger partial charge on any atom is -0.390 e. The van der Waals surface area contributed by atoms with Gasteiger partial charge in [0.05, 0.1) is 5.60 Å². The van der Waals surface area contributed by atoms with Gasteiger partial charge in [-0.05, 0) is 99.0 Å². The molecule has 0 amide bonds. The normalized spacial score (nSPS) is 18.5. The SMILES string of the molecule is CC/C(C)=C/CC/C(C)=C/CC/C(C)=C/CC(C)(O)CCC1=CC(=O)C(C)=C(C)C1=O. The smallest absolute Gasteiger partial charge is 0.185 e. The molecule has 1 aliphatic carbocycles. The fourth-order valence-corrected chi connectivity index (χ4v) is 3.45. The lowest BCUT2D eigenvalue weighted by Gasteiger charge is -2.23. The Bertz CT molecular complexity index is 813. The van der Waals surface area contributed by atoms with E-state index in [0.717, 1.165) is 32.1 Å². The van der Waals surface area contributed by atoms with Crippen molar-refractivity contribution in [2.75, 3.05) is 0 Å². The summed E-state index contributed by atoms with van der Waals surface area (Å²) in [5.41, 5.74) is 4.82. The number of ketones is 2. The summed E-state index contributed by atoms with van der Waals surface area (Å²) in [4.78, 5) is 24.4. The van der Waals surface area contributed by atoms with Gasteiger partial charge in [0.15, 0.2) is 11.6 Å². The van der Waals surface area contributed by atoms with E-state index in [4.69, 9.17) is 0 Å². The minimum absolute atomic E-state index is 0.0675. The Balaban J connectivity index is 2.47. The molecule has 0 saturated heterocycles. The summed E-state index contributed by atoms with van der Waals surface area (Å²) in [7, 11) is 0. The third-order valence-corrected chi connectivity index (χ3v) is 6.31. The van der Waals surface area contributed by atoms with Gasteiger partial charge in [-0.15, -0.1) is 0 Å². The van der Waals surface area contributed by atoms with Crippen molar-refractivity contribution in [1.29, 1.82) is 0 Å². The highest BCUT2D eigenvalue weighted by Crippen LogP contribution is 2.26. The van der Waals surface area contributed by atoms with Crippen LogP contribution in [0, 0.1) is 0 Å². The van der Waals surface area contributed by atoms with Crippen LogP contribution in [0.2, 0.25) is 0 Å². The van der Waals surface area contributed by atoms with E-state index < -0.39 is 5.60 Å². The fourth-order valence-electron chi connectivity index (χ4n) is 3.45. The number of carbonyl (C=O) groups excluding carboxylic acids is 2. The number of carbonyl (C=O) groups is 2. The Morgan fingerprint density at radius 3 is 2.06 bits per heavy atom. The molecular weight excluding hydrogens is 384 g/mol. The molecule has 3 heteroatoms. The van der Waals surface area contributed by atoms with Gasteiger partial charge in [0.25, 0.3) is 0 Å².